The van der Waals surface area contributed by atoms with Crippen LogP contribution in [0, 0.1) is 0 Å². The van der Waals surface area contributed by atoms with E-state index in [0.717, 1.165) is 12.8 Å². The third-order valence-electron chi connectivity index (χ3n) is 2.85. The summed E-state index contributed by atoms with van der Waals surface area (Å²) in [6.07, 6.45) is 10.4. The Morgan fingerprint density at radius 1 is 1.20 bits per heavy atom. The highest BCUT2D eigenvalue weighted by Gasteiger charge is 2.12. The van der Waals surface area contributed by atoms with Crippen LogP contribution in [0.5, 0.6) is 0 Å². The lowest BCUT2D eigenvalue weighted by molar-refractivity contribution is 0.235. The maximum absolute atomic E-state index is 11.4. The number of nitrogens with one attached hydrogen (secondary N) is 2. The molecule has 0 aromatic carbocycles. The second kappa shape index (κ2) is 7.32. The number of rotatable bonds is 3. The van der Waals surface area contributed by atoms with E-state index in [-0.39, 0.29) is 6.03 Å². The lowest BCUT2D eigenvalue weighted by Crippen LogP contribution is -2.42. The molecule has 0 unspecified atom stereocenters. The van der Waals surface area contributed by atoms with Gasteiger partial charge in [0, 0.05) is 12.6 Å². The van der Waals surface area contributed by atoms with Crippen LogP contribution in [0.2, 0.25) is 0 Å². The molecule has 0 atom stereocenters. The number of hydrogen-bond donors (Lipinski definition) is 2. The number of urea groups is 1. The Balaban J connectivity index is 2.21. The Morgan fingerprint density at radius 2 is 1.80 bits per heavy atom. The van der Waals surface area contributed by atoms with Crippen LogP contribution < -0.4 is 10.6 Å². The number of carbonyl (C=O) groups is 1. The van der Waals surface area contributed by atoms with Crippen molar-refractivity contribution in [2.45, 2.75) is 51.0 Å². The summed E-state index contributed by atoms with van der Waals surface area (Å²) in [4.78, 5) is 11.4. The van der Waals surface area contributed by atoms with Gasteiger partial charge in [-0.3, -0.25) is 0 Å². The molecule has 3 nitrogen and oxygen atoms in total. The predicted molar refractivity (Wildman–Crippen MR) is 62.8 cm³/mol. The second-order valence-corrected chi connectivity index (χ2v) is 4.19. The Morgan fingerprint density at radius 3 is 2.40 bits per heavy atom. The van der Waals surface area contributed by atoms with E-state index >= 15 is 0 Å². The summed E-state index contributed by atoms with van der Waals surface area (Å²) in [6, 6.07) is 0.315. The summed E-state index contributed by atoms with van der Waals surface area (Å²) in [6.45, 7) is 4.10. The third-order valence-corrected chi connectivity index (χ3v) is 2.85. The molecular formula is C12H22N2O. The fourth-order valence-corrected chi connectivity index (χ4v) is 2.00. The minimum atomic E-state index is -0.0551. The van der Waals surface area contributed by atoms with Gasteiger partial charge in [-0.1, -0.05) is 38.2 Å². The van der Waals surface area contributed by atoms with Gasteiger partial charge in [-0.15, -0.1) is 6.58 Å². The van der Waals surface area contributed by atoms with Crippen molar-refractivity contribution >= 4 is 6.03 Å². The standard InChI is InChI=1S/C12H22N2O/c1-2-10-13-12(15)14-11-8-6-4-3-5-7-9-11/h2,11H,1,3-10H2,(H2,13,14,15). The van der Waals surface area contributed by atoms with Crippen LogP contribution in [0.4, 0.5) is 4.79 Å². The van der Waals surface area contributed by atoms with Crippen molar-refractivity contribution in [3.63, 3.8) is 0 Å². The third kappa shape index (κ3) is 5.45. The molecule has 1 rings (SSSR count). The molecule has 1 aliphatic rings. The molecule has 1 aliphatic carbocycles. The van der Waals surface area contributed by atoms with Gasteiger partial charge in [0.2, 0.25) is 0 Å². The van der Waals surface area contributed by atoms with Crippen molar-refractivity contribution < 1.29 is 4.79 Å². The van der Waals surface area contributed by atoms with E-state index in [0.29, 0.717) is 12.6 Å². The Hall–Kier alpha value is -0.990. The molecule has 0 aliphatic heterocycles. The summed E-state index contributed by atoms with van der Waals surface area (Å²) in [5, 5.41) is 5.77. The molecule has 86 valence electrons. The van der Waals surface area contributed by atoms with E-state index in [1.54, 1.807) is 6.08 Å². The Bertz CT molecular complexity index is 196. The average molecular weight is 210 g/mol. The first-order chi connectivity index (χ1) is 7.33. The quantitative estimate of drug-likeness (QED) is 0.691. The molecule has 0 spiro atoms. The van der Waals surface area contributed by atoms with Crippen molar-refractivity contribution in [3.05, 3.63) is 12.7 Å². The molecule has 0 bridgehead atoms. The topological polar surface area (TPSA) is 41.1 Å². The highest BCUT2D eigenvalue weighted by Crippen LogP contribution is 2.16. The zero-order valence-corrected chi connectivity index (χ0v) is 9.43. The van der Waals surface area contributed by atoms with E-state index in [9.17, 15) is 4.79 Å². The van der Waals surface area contributed by atoms with Crippen LogP contribution in [-0.4, -0.2) is 18.6 Å². The number of amides is 2. The molecule has 0 aromatic rings. The molecule has 3 heteroatoms. The first kappa shape index (κ1) is 12.1. The van der Waals surface area contributed by atoms with Gasteiger partial charge in [-0.25, -0.2) is 4.79 Å². The minimum Gasteiger partial charge on any atom is -0.335 e. The fourth-order valence-electron chi connectivity index (χ4n) is 2.00. The molecule has 15 heavy (non-hydrogen) atoms. The molecule has 0 radical (unpaired) electrons. The normalized spacial score (nSPS) is 18.7. The highest BCUT2D eigenvalue weighted by molar-refractivity contribution is 5.74. The summed E-state index contributed by atoms with van der Waals surface area (Å²) >= 11 is 0. The van der Waals surface area contributed by atoms with Gasteiger partial charge in [0.05, 0.1) is 0 Å². The largest absolute Gasteiger partial charge is 0.335 e. The smallest absolute Gasteiger partial charge is 0.315 e. The van der Waals surface area contributed by atoms with Crippen molar-refractivity contribution in [1.29, 1.82) is 0 Å². The Kier molecular flexibility index (Phi) is 5.90. The van der Waals surface area contributed by atoms with Gasteiger partial charge in [0.25, 0.3) is 0 Å². The van der Waals surface area contributed by atoms with Crippen LogP contribution >= 0.6 is 0 Å². The van der Waals surface area contributed by atoms with Gasteiger partial charge in [-0.2, -0.15) is 0 Å². The van der Waals surface area contributed by atoms with Crippen LogP contribution in [0.15, 0.2) is 12.7 Å². The fraction of sp³-hybridized carbons (Fsp3) is 0.750. The molecule has 1 fully saturated rings. The van der Waals surface area contributed by atoms with E-state index in [1.807, 2.05) is 0 Å². The zero-order valence-electron chi connectivity index (χ0n) is 9.43. The summed E-state index contributed by atoms with van der Waals surface area (Å²) in [5.41, 5.74) is 0. The van der Waals surface area contributed by atoms with Gasteiger partial charge in [-0.05, 0) is 12.8 Å². The molecule has 1 saturated carbocycles. The molecule has 0 saturated heterocycles. The van der Waals surface area contributed by atoms with Crippen molar-refractivity contribution in [2.24, 2.45) is 0 Å². The zero-order chi connectivity index (χ0) is 10.9. The summed E-state index contributed by atoms with van der Waals surface area (Å²) in [5.74, 6) is 0. The minimum absolute atomic E-state index is 0.0551. The van der Waals surface area contributed by atoms with Crippen LogP contribution in [0.1, 0.15) is 44.9 Å². The van der Waals surface area contributed by atoms with E-state index in [4.69, 9.17) is 0 Å². The monoisotopic (exact) mass is 210 g/mol. The van der Waals surface area contributed by atoms with E-state index in [2.05, 4.69) is 17.2 Å². The highest BCUT2D eigenvalue weighted by atomic mass is 16.2. The van der Waals surface area contributed by atoms with Gasteiger partial charge >= 0.3 is 6.03 Å². The van der Waals surface area contributed by atoms with Gasteiger partial charge < -0.3 is 10.6 Å². The lowest BCUT2D eigenvalue weighted by Gasteiger charge is -2.20. The first-order valence-electron chi connectivity index (χ1n) is 5.98. The van der Waals surface area contributed by atoms with Crippen molar-refractivity contribution in [3.8, 4) is 0 Å². The van der Waals surface area contributed by atoms with Gasteiger partial charge in [0.15, 0.2) is 0 Å². The lowest BCUT2D eigenvalue weighted by atomic mass is 9.97. The molecule has 0 heterocycles. The molecule has 2 amide bonds. The molecule has 2 N–H and O–H groups in total. The van der Waals surface area contributed by atoms with E-state index < -0.39 is 0 Å². The second-order valence-electron chi connectivity index (χ2n) is 4.19. The maximum atomic E-state index is 11.4. The number of carbonyl (C=O) groups excluding carboxylic acids is 1. The van der Waals surface area contributed by atoms with Crippen LogP contribution in [-0.2, 0) is 0 Å². The van der Waals surface area contributed by atoms with E-state index in [1.165, 1.54) is 32.1 Å². The first-order valence-corrected chi connectivity index (χ1v) is 5.98. The van der Waals surface area contributed by atoms with Crippen molar-refractivity contribution in [2.75, 3.05) is 6.54 Å². The number of hydrogen-bond acceptors (Lipinski definition) is 1. The van der Waals surface area contributed by atoms with Crippen LogP contribution in [0.3, 0.4) is 0 Å². The van der Waals surface area contributed by atoms with Gasteiger partial charge in [0.1, 0.15) is 0 Å². The summed E-state index contributed by atoms with van der Waals surface area (Å²) < 4.78 is 0. The summed E-state index contributed by atoms with van der Waals surface area (Å²) in [7, 11) is 0. The Labute approximate surface area is 92.3 Å². The predicted octanol–water partition coefficient (Wildman–Crippen LogP) is 2.58. The molecular weight excluding hydrogens is 188 g/mol. The van der Waals surface area contributed by atoms with Crippen molar-refractivity contribution in [1.82, 2.24) is 10.6 Å². The van der Waals surface area contributed by atoms with Crippen LogP contribution in [0.25, 0.3) is 0 Å². The molecule has 0 aromatic heterocycles. The maximum Gasteiger partial charge on any atom is 0.315 e. The SMILES string of the molecule is C=CCNC(=O)NC1CCCCCCC1. The average Bonchev–Trinajstić information content (AvgIpc) is 2.19.